The van der Waals surface area contributed by atoms with Gasteiger partial charge >= 0.3 is 21.7 Å². The maximum atomic E-state index is 12.8. The van der Waals surface area contributed by atoms with Gasteiger partial charge in [0.1, 0.15) is 11.8 Å². The molecule has 0 aromatic heterocycles. The first-order valence-corrected chi connectivity index (χ1v) is 11.7. The van der Waals surface area contributed by atoms with Crippen molar-refractivity contribution in [1.29, 1.82) is 0 Å². The fourth-order valence-corrected chi connectivity index (χ4v) is 4.70. The summed E-state index contributed by atoms with van der Waals surface area (Å²) >= 11 is 0. The van der Waals surface area contributed by atoms with Crippen molar-refractivity contribution in [2.75, 3.05) is 13.7 Å². The minimum Gasteiger partial charge on any atom is -0.453 e. The Balaban J connectivity index is 1.66. The van der Waals surface area contributed by atoms with Gasteiger partial charge in [0.15, 0.2) is 0 Å². The maximum absolute atomic E-state index is 12.8. The first-order chi connectivity index (χ1) is 15.0. The van der Waals surface area contributed by atoms with Gasteiger partial charge in [-0.2, -0.15) is 21.6 Å². The van der Waals surface area contributed by atoms with E-state index in [2.05, 4.69) is 16.3 Å². The first-order valence-electron chi connectivity index (χ1n) is 10.3. The van der Waals surface area contributed by atoms with E-state index in [-0.39, 0.29) is 12.7 Å². The number of hydrogen-bond acceptors (Lipinski definition) is 6. The van der Waals surface area contributed by atoms with E-state index in [0.717, 1.165) is 43.8 Å². The second kappa shape index (κ2) is 9.70. The molecule has 0 radical (unpaired) electrons. The summed E-state index contributed by atoms with van der Waals surface area (Å²) in [7, 11) is -4.75. The molecule has 1 saturated carbocycles. The van der Waals surface area contributed by atoms with Crippen LogP contribution in [-0.2, 0) is 23.8 Å². The van der Waals surface area contributed by atoms with Crippen molar-refractivity contribution in [1.82, 2.24) is 4.90 Å². The third-order valence-electron chi connectivity index (χ3n) is 5.82. The Hall–Kier alpha value is -2.27. The molecule has 1 aromatic rings. The third kappa shape index (κ3) is 5.37. The van der Waals surface area contributed by atoms with E-state index < -0.39 is 39.6 Å². The van der Waals surface area contributed by atoms with E-state index in [9.17, 15) is 26.4 Å². The molecular weight excluding hydrogens is 451 g/mol. The van der Waals surface area contributed by atoms with E-state index in [0.29, 0.717) is 5.92 Å². The van der Waals surface area contributed by atoms with Gasteiger partial charge in [-0.15, -0.1) is 0 Å². The molecule has 0 bridgehead atoms. The number of hydrogen-bond donors (Lipinski definition) is 0. The molecule has 1 aliphatic heterocycles. The molecule has 3 rings (SSSR count). The summed E-state index contributed by atoms with van der Waals surface area (Å²) < 4.78 is 76.4. The van der Waals surface area contributed by atoms with Gasteiger partial charge in [-0.05, 0) is 50.2 Å². The van der Waals surface area contributed by atoms with Gasteiger partial charge in [-0.1, -0.05) is 30.3 Å². The molecule has 0 saturated heterocycles. The quantitative estimate of drug-likeness (QED) is 0.448. The van der Waals surface area contributed by atoms with Gasteiger partial charge in [0, 0.05) is 0 Å². The molecule has 11 heteroatoms. The van der Waals surface area contributed by atoms with E-state index in [1.54, 1.807) is 0 Å². The van der Waals surface area contributed by atoms with Crippen molar-refractivity contribution in [2.24, 2.45) is 0 Å². The van der Waals surface area contributed by atoms with Crippen LogP contribution < -0.4 is 0 Å². The summed E-state index contributed by atoms with van der Waals surface area (Å²) in [5, 5.41) is 0. The van der Waals surface area contributed by atoms with Crippen LogP contribution >= 0.6 is 0 Å². The molecule has 1 aliphatic carbocycles. The molecule has 7 nitrogen and oxygen atoms in total. The van der Waals surface area contributed by atoms with Gasteiger partial charge < -0.3 is 13.7 Å². The van der Waals surface area contributed by atoms with Crippen LogP contribution in [0.15, 0.2) is 42.2 Å². The number of benzene rings is 1. The van der Waals surface area contributed by atoms with E-state index in [1.807, 2.05) is 18.2 Å². The number of ether oxygens (including phenoxy) is 2. The van der Waals surface area contributed by atoms with E-state index in [4.69, 9.17) is 9.47 Å². The second-order valence-electron chi connectivity index (χ2n) is 7.90. The van der Waals surface area contributed by atoms with Crippen LogP contribution in [0, 0.1) is 0 Å². The summed E-state index contributed by atoms with van der Waals surface area (Å²) in [5.41, 5.74) is -4.33. The zero-order chi connectivity index (χ0) is 23.5. The first kappa shape index (κ1) is 24.4. The number of carbonyl (C=O) groups excluding carboxylic acids is 1. The number of halogens is 3. The highest BCUT2D eigenvalue weighted by Gasteiger charge is 2.51. The zero-order valence-electron chi connectivity index (χ0n) is 17.7. The van der Waals surface area contributed by atoms with Gasteiger partial charge in [0.25, 0.3) is 0 Å². The predicted octanol–water partition coefficient (Wildman–Crippen LogP) is 4.32. The number of methoxy groups -OCH3 is 1. The largest absolute Gasteiger partial charge is 0.534 e. The van der Waals surface area contributed by atoms with Crippen molar-refractivity contribution in [3.63, 3.8) is 0 Å². The summed E-state index contributed by atoms with van der Waals surface area (Å²) in [6, 6.07) is 8.21. The standard InChI is InChI=1S/C21H26F3NO6S/c1-14-12-19(31-32(27,28)21(22,23)24)18(25(14)20(26)29-2)13-30-17-10-8-16(9-11-17)15-6-4-3-5-7-15/h3-7,12,14,16-18H,8-11,13H2,1-2H3/t14-,16?,17?,18+/m1/s1. The second-order valence-corrected chi connectivity index (χ2v) is 9.44. The van der Waals surface area contributed by atoms with E-state index >= 15 is 0 Å². The Bertz CT molecular complexity index is 927. The Kier molecular flexibility index (Phi) is 7.39. The lowest BCUT2D eigenvalue weighted by molar-refractivity contribution is -0.0536. The van der Waals surface area contributed by atoms with Crippen LogP contribution in [0.1, 0.15) is 44.1 Å². The normalized spacial score (nSPS) is 26.5. The van der Waals surface area contributed by atoms with Gasteiger partial charge in [-0.3, -0.25) is 4.90 Å². The highest BCUT2D eigenvalue weighted by Crippen LogP contribution is 2.36. The third-order valence-corrected chi connectivity index (χ3v) is 6.80. The molecule has 1 amide bonds. The lowest BCUT2D eigenvalue weighted by Crippen LogP contribution is -2.45. The Morgan fingerprint density at radius 1 is 1.12 bits per heavy atom. The lowest BCUT2D eigenvalue weighted by Gasteiger charge is -2.32. The van der Waals surface area contributed by atoms with Crippen molar-refractivity contribution >= 4 is 16.2 Å². The molecule has 32 heavy (non-hydrogen) atoms. The number of amides is 1. The number of rotatable bonds is 6. The number of alkyl halides is 3. The highest BCUT2D eigenvalue weighted by molar-refractivity contribution is 7.87. The average molecular weight is 478 g/mol. The maximum Gasteiger partial charge on any atom is 0.534 e. The summed E-state index contributed by atoms with van der Waals surface area (Å²) in [6.45, 7) is 1.31. The topological polar surface area (TPSA) is 82.1 Å². The molecule has 0 spiro atoms. The molecule has 2 aliphatic rings. The van der Waals surface area contributed by atoms with Crippen LogP contribution in [0.5, 0.6) is 0 Å². The monoisotopic (exact) mass is 477 g/mol. The summed E-state index contributed by atoms with van der Waals surface area (Å²) in [5.74, 6) is -0.0944. The molecule has 178 valence electrons. The minimum absolute atomic E-state index is 0.161. The fraction of sp³-hybridized carbons (Fsp3) is 0.571. The number of nitrogens with zero attached hydrogens (tertiary/aromatic N) is 1. The van der Waals surface area contributed by atoms with Gasteiger partial charge in [0.05, 0.1) is 25.9 Å². The summed E-state index contributed by atoms with van der Waals surface area (Å²) in [6.07, 6.45) is 3.42. The Labute approximate surface area is 185 Å². The average Bonchev–Trinajstić information content (AvgIpc) is 3.06. The van der Waals surface area contributed by atoms with Crippen LogP contribution in [0.25, 0.3) is 0 Å². The van der Waals surface area contributed by atoms with Crippen LogP contribution in [0.4, 0.5) is 18.0 Å². The van der Waals surface area contributed by atoms with Crippen molar-refractivity contribution in [3.05, 3.63) is 47.7 Å². The molecule has 2 atom stereocenters. The SMILES string of the molecule is COC(=O)N1[C@H](C)C=C(OS(=O)(=O)C(F)(F)F)[C@@H]1COC1CCC(c2ccccc2)CC1. The molecule has 1 aromatic carbocycles. The molecule has 0 unspecified atom stereocenters. The van der Waals surface area contributed by atoms with Gasteiger partial charge in [-0.25, -0.2) is 4.79 Å². The molecule has 1 heterocycles. The van der Waals surface area contributed by atoms with Crippen molar-refractivity contribution in [2.45, 2.75) is 62.2 Å². The Morgan fingerprint density at radius 2 is 1.75 bits per heavy atom. The van der Waals surface area contributed by atoms with Gasteiger partial charge in [0.2, 0.25) is 0 Å². The number of carbonyl (C=O) groups is 1. The molecular formula is C21H26F3NO6S. The Morgan fingerprint density at radius 3 is 2.31 bits per heavy atom. The van der Waals surface area contributed by atoms with Crippen LogP contribution in [0.2, 0.25) is 0 Å². The predicted molar refractivity (Wildman–Crippen MR) is 109 cm³/mol. The molecule has 0 N–H and O–H groups in total. The summed E-state index contributed by atoms with van der Waals surface area (Å²) in [4.78, 5) is 13.3. The highest BCUT2D eigenvalue weighted by atomic mass is 32.2. The van der Waals surface area contributed by atoms with Crippen LogP contribution in [-0.4, -0.2) is 56.8 Å². The molecule has 1 fully saturated rings. The van der Waals surface area contributed by atoms with Crippen molar-refractivity contribution in [3.8, 4) is 0 Å². The van der Waals surface area contributed by atoms with Crippen molar-refractivity contribution < 1.29 is 40.0 Å². The minimum atomic E-state index is -5.88. The van der Waals surface area contributed by atoms with Crippen LogP contribution in [0.3, 0.4) is 0 Å². The fourth-order valence-electron chi connectivity index (χ4n) is 4.18. The lowest BCUT2D eigenvalue weighted by atomic mass is 9.83. The zero-order valence-corrected chi connectivity index (χ0v) is 18.6. The smallest absolute Gasteiger partial charge is 0.453 e. The van der Waals surface area contributed by atoms with E-state index in [1.165, 1.54) is 12.5 Å².